The van der Waals surface area contributed by atoms with Gasteiger partial charge in [0.05, 0.1) is 33.3 Å². The van der Waals surface area contributed by atoms with Crippen molar-refractivity contribution in [2.75, 3.05) is 40.2 Å². The van der Waals surface area contributed by atoms with Gasteiger partial charge in [0.2, 0.25) is 11.7 Å². The van der Waals surface area contributed by atoms with Crippen molar-refractivity contribution in [2.45, 2.75) is 11.4 Å². The second-order valence-electron chi connectivity index (χ2n) is 7.92. The van der Waals surface area contributed by atoms with Crippen molar-refractivity contribution < 1.29 is 32.2 Å². The lowest BCUT2D eigenvalue weighted by atomic mass is 10.1. The number of carbonyl (C=O) groups excluding carboxylic acids is 1. The van der Waals surface area contributed by atoms with Crippen LogP contribution in [0.5, 0.6) is 23.0 Å². The zero-order chi connectivity index (χ0) is 27.0. The molecule has 0 unspecified atom stereocenters. The molecular weight excluding hydrogens is 496 g/mol. The summed E-state index contributed by atoms with van der Waals surface area (Å²) in [7, 11) is 4.03. The Morgan fingerprint density at radius 2 is 1.49 bits per heavy atom. The Kier molecular flexibility index (Phi) is 9.02. The standard InChI is InChI=1S/C27H30N2O7S/c1-29(18-20-9-16-24(34-3)27(36-5)26(20)35-4)25(30)17-8-19-6-14-23(15-7-19)37(31,32)28-21-10-12-22(33-2)13-11-21/h6-17,28H,18H2,1-5H3. The first kappa shape index (κ1) is 27.4. The molecule has 1 amide bonds. The van der Waals surface area contributed by atoms with Gasteiger partial charge in [-0.1, -0.05) is 12.1 Å². The van der Waals surface area contributed by atoms with E-state index in [2.05, 4.69) is 4.72 Å². The smallest absolute Gasteiger partial charge is 0.261 e. The van der Waals surface area contributed by atoms with Gasteiger partial charge in [0, 0.05) is 30.9 Å². The van der Waals surface area contributed by atoms with E-state index in [0.717, 1.165) is 5.56 Å². The lowest BCUT2D eigenvalue weighted by Crippen LogP contribution is -2.24. The number of rotatable bonds is 11. The van der Waals surface area contributed by atoms with Crippen molar-refractivity contribution >= 4 is 27.7 Å². The SMILES string of the molecule is COc1ccc(NS(=O)(=O)c2ccc(C=CC(=O)N(C)Cc3ccc(OC)c(OC)c3OC)cc2)cc1. The summed E-state index contributed by atoms with van der Waals surface area (Å²) >= 11 is 0. The maximum absolute atomic E-state index is 12.7. The van der Waals surface area contributed by atoms with Crippen molar-refractivity contribution in [3.63, 3.8) is 0 Å². The number of benzene rings is 3. The summed E-state index contributed by atoms with van der Waals surface area (Å²) in [4.78, 5) is 14.3. The highest BCUT2D eigenvalue weighted by Gasteiger charge is 2.18. The largest absolute Gasteiger partial charge is 0.497 e. The molecule has 0 spiro atoms. The van der Waals surface area contributed by atoms with Crippen molar-refractivity contribution in [3.05, 3.63) is 77.9 Å². The summed E-state index contributed by atoms with van der Waals surface area (Å²) in [6.07, 6.45) is 3.05. The van der Waals surface area contributed by atoms with Crippen LogP contribution in [0.2, 0.25) is 0 Å². The second-order valence-corrected chi connectivity index (χ2v) is 9.61. The Morgan fingerprint density at radius 1 is 0.838 bits per heavy atom. The lowest BCUT2D eigenvalue weighted by Gasteiger charge is -2.20. The molecule has 0 aliphatic carbocycles. The molecular formula is C27H30N2O7S. The Balaban J connectivity index is 1.66. The molecule has 9 nitrogen and oxygen atoms in total. The fourth-order valence-corrected chi connectivity index (χ4v) is 4.61. The van der Waals surface area contributed by atoms with Crippen LogP contribution < -0.4 is 23.7 Å². The predicted molar refractivity (Wildman–Crippen MR) is 142 cm³/mol. The van der Waals surface area contributed by atoms with Crippen LogP contribution in [0.15, 0.2) is 71.6 Å². The number of carbonyl (C=O) groups is 1. The van der Waals surface area contributed by atoms with Gasteiger partial charge in [0.25, 0.3) is 10.0 Å². The van der Waals surface area contributed by atoms with E-state index in [-0.39, 0.29) is 17.3 Å². The highest BCUT2D eigenvalue weighted by Crippen LogP contribution is 2.40. The molecule has 0 aromatic heterocycles. The fraction of sp³-hybridized carbons (Fsp3) is 0.222. The molecule has 3 rings (SSSR count). The molecule has 196 valence electrons. The van der Waals surface area contributed by atoms with E-state index in [1.807, 2.05) is 6.07 Å². The Bertz CT molecular complexity index is 1350. The van der Waals surface area contributed by atoms with Crippen molar-refractivity contribution in [3.8, 4) is 23.0 Å². The number of likely N-dealkylation sites (N-methyl/N-ethyl adjacent to an activating group) is 1. The third kappa shape index (κ3) is 6.73. The average molecular weight is 527 g/mol. The minimum atomic E-state index is -3.77. The van der Waals surface area contributed by atoms with E-state index in [0.29, 0.717) is 34.2 Å². The van der Waals surface area contributed by atoms with E-state index in [9.17, 15) is 13.2 Å². The lowest BCUT2D eigenvalue weighted by molar-refractivity contribution is -0.125. The van der Waals surface area contributed by atoms with E-state index in [4.69, 9.17) is 18.9 Å². The van der Waals surface area contributed by atoms with Crippen LogP contribution in [0.3, 0.4) is 0 Å². The molecule has 0 heterocycles. The van der Waals surface area contributed by atoms with E-state index in [1.165, 1.54) is 51.5 Å². The first-order valence-corrected chi connectivity index (χ1v) is 12.7. The first-order chi connectivity index (χ1) is 17.7. The number of amides is 1. The van der Waals surface area contributed by atoms with Crippen LogP contribution in [-0.2, 0) is 21.4 Å². The van der Waals surface area contributed by atoms with Crippen molar-refractivity contribution in [1.82, 2.24) is 4.90 Å². The van der Waals surface area contributed by atoms with E-state index in [1.54, 1.807) is 55.6 Å². The quantitative estimate of drug-likeness (QED) is 0.374. The fourth-order valence-electron chi connectivity index (χ4n) is 3.55. The third-order valence-corrected chi connectivity index (χ3v) is 6.92. The van der Waals surface area contributed by atoms with Gasteiger partial charge in [-0.2, -0.15) is 0 Å². The van der Waals surface area contributed by atoms with Crippen molar-refractivity contribution in [1.29, 1.82) is 0 Å². The molecule has 0 atom stereocenters. The number of nitrogens with one attached hydrogen (secondary N) is 1. The maximum atomic E-state index is 12.7. The second kappa shape index (κ2) is 12.2. The Hall–Kier alpha value is -4.18. The van der Waals surface area contributed by atoms with Crippen LogP contribution in [-0.4, -0.2) is 54.7 Å². The molecule has 3 aromatic rings. The number of sulfonamides is 1. The minimum absolute atomic E-state index is 0.101. The van der Waals surface area contributed by atoms with Gasteiger partial charge in [0.15, 0.2) is 11.5 Å². The molecule has 0 bridgehead atoms. The van der Waals surface area contributed by atoms with Crippen LogP contribution in [0.25, 0.3) is 6.08 Å². The zero-order valence-electron chi connectivity index (χ0n) is 21.3. The summed E-state index contributed by atoms with van der Waals surface area (Å²) < 4.78 is 49.2. The monoisotopic (exact) mass is 526 g/mol. The number of nitrogens with zero attached hydrogens (tertiary/aromatic N) is 1. The van der Waals surface area contributed by atoms with E-state index >= 15 is 0 Å². The molecule has 0 radical (unpaired) electrons. The topological polar surface area (TPSA) is 103 Å². The molecule has 0 saturated heterocycles. The summed E-state index contributed by atoms with van der Waals surface area (Å²) in [5.74, 6) is 1.86. The molecule has 0 fully saturated rings. The molecule has 0 aliphatic heterocycles. The molecule has 37 heavy (non-hydrogen) atoms. The zero-order valence-corrected chi connectivity index (χ0v) is 22.2. The molecule has 1 N–H and O–H groups in total. The van der Waals surface area contributed by atoms with Gasteiger partial charge in [-0.25, -0.2) is 8.42 Å². The third-order valence-electron chi connectivity index (χ3n) is 5.52. The first-order valence-electron chi connectivity index (χ1n) is 11.2. The van der Waals surface area contributed by atoms with Gasteiger partial charge in [-0.3, -0.25) is 9.52 Å². The highest BCUT2D eigenvalue weighted by molar-refractivity contribution is 7.92. The van der Waals surface area contributed by atoms with Gasteiger partial charge in [-0.15, -0.1) is 0 Å². The van der Waals surface area contributed by atoms with Crippen LogP contribution in [0, 0.1) is 0 Å². The minimum Gasteiger partial charge on any atom is -0.497 e. The molecule has 10 heteroatoms. The van der Waals surface area contributed by atoms with Gasteiger partial charge in [0.1, 0.15) is 5.75 Å². The molecule has 0 aliphatic rings. The van der Waals surface area contributed by atoms with Gasteiger partial charge >= 0.3 is 0 Å². The predicted octanol–water partition coefficient (Wildman–Crippen LogP) is 4.19. The number of methoxy groups -OCH3 is 4. The van der Waals surface area contributed by atoms with Crippen LogP contribution in [0.4, 0.5) is 5.69 Å². The maximum Gasteiger partial charge on any atom is 0.261 e. The highest BCUT2D eigenvalue weighted by atomic mass is 32.2. The summed E-state index contributed by atoms with van der Waals surface area (Å²) in [6.45, 7) is 0.279. The van der Waals surface area contributed by atoms with Crippen LogP contribution in [0.1, 0.15) is 11.1 Å². The number of anilines is 1. The number of hydrogen-bond donors (Lipinski definition) is 1. The number of ether oxygens (including phenoxy) is 4. The van der Waals surface area contributed by atoms with Gasteiger partial charge < -0.3 is 23.8 Å². The average Bonchev–Trinajstić information content (AvgIpc) is 2.91. The Labute approximate surface area is 217 Å². The molecule has 0 saturated carbocycles. The van der Waals surface area contributed by atoms with Crippen LogP contribution >= 0.6 is 0 Å². The van der Waals surface area contributed by atoms with Gasteiger partial charge in [-0.05, 0) is 60.2 Å². The van der Waals surface area contributed by atoms with Crippen molar-refractivity contribution in [2.24, 2.45) is 0 Å². The summed E-state index contributed by atoms with van der Waals surface area (Å²) in [5, 5.41) is 0. The summed E-state index contributed by atoms with van der Waals surface area (Å²) in [6, 6.07) is 16.4. The van der Waals surface area contributed by atoms with E-state index < -0.39 is 10.0 Å². The molecule has 3 aromatic carbocycles. The summed E-state index contributed by atoms with van der Waals surface area (Å²) in [5.41, 5.74) is 1.85. The normalized spacial score (nSPS) is 11.2. The Morgan fingerprint density at radius 3 is 2.05 bits per heavy atom. The number of hydrogen-bond acceptors (Lipinski definition) is 7.